The van der Waals surface area contributed by atoms with Gasteiger partial charge in [-0.05, 0) is 23.8 Å². The number of hydrogen-bond acceptors (Lipinski definition) is 7. The standard InChI is InChI=1S/C15H12F3N5O2S/c1-26(24,25)13-10(15(16,17)18)4-3-9(8-2-5-11(19)20-6-8)12(13)14-21-7-22-23-14/h2-6H,7H2,1H3,(H2,19,20). The summed E-state index contributed by atoms with van der Waals surface area (Å²) in [4.78, 5) is 6.92. The number of nitrogens with two attached hydrogens (primary N) is 1. The average molecular weight is 383 g/mol. The van der Waals surface area contributed by atoms with E-state index in [9.17, 15) is 21.6 Å². The number of rotatable bonds is 3. The largest absolute Gasteiger partial charge is 0.417 e. The summed E-state index contributed by atoms with van der Waals surface area (Å²) in [7, 11) is -4.27. The van der Waals surface area contributed by atoms with Gasteiger partial charge in [0.1, 0.15) is 5.82 Å². The Labute approximate surface area is 146 Å². The summed E-state index contributed by atoms with van der Waals surface area (Å²) in [5.74, 6) is 0.0341. The van der Waals surface area contributed by atoms with Gasteiger partial charge >= 0.3 is 6.18 Å². The lowest BCUT2D eigenvalue weighted by molar-refractivity contribution is -0.139. The fourth-order valence-corrected chi connectivity index (χ4v) is 3.73. The second kappa shape index (κ2) is 6.16. The van der Waals surface area contributed by atoms with E-state index in [1.807, 2.05) is 0 Å². The van der Waals surface area contributed by atoms with Crippen molar-refractivity contribution in [3.05, 3.63) is 41.6 Å². The fourth-order valence-electron chi connectivity index (χ4n) is 2.58. The number of benzene rings is 1. The quantitative estimate of drug-likeness (QED) is 0.878. The molecule has 0 aliphatic carbocycles. The lowest BCUT2D eigenvalue weighted by Crippen LogP contribution is -2.17. The van der Waals surface area contributed by atoms with Crippen LogP contribution in [-0.2, 0) is 16.0 Å². The van der Waals surface area contributed by atoms with Crippen molar-refractivity contribution in [1.82, 2.24) is 4.98 Å². The number of sulfone groups is 1. The third-order valence-electron chi connectivity index (χ3n) is 3.60. The number of nitrogen functional groups attached to an aromatic ring is 1. The van der Waals surface area contributed by atoms with Gasteiger partial charge in [-0.3, -0.25) is 0 Å². The van der Waals surface area contributed by atoms with Crippen molar-refractivity contribution in [3.63, 3.8) is 0 Å². The number of alkyl halides is 3. The number of azo groups is 1. The van der Waals surface area contributed by atoms with Crippen LogP contribution >= 0.6 is 0 Å². The molecule has 2 N–H and O–H groups in total. The molecule has 7 nitrogen and oxygen atoms in total. The Morgan fingerprint density at radius 2 is 1.88 bits per heavy atom. The minimum Gasteiger partial charge on any atom is -0.384 e. The summed E-state index contributed by atoms with van der Waals surface area (Å²) >= 11 is 0. The molecule has 2 aromatic rings. The third-order valence-corrected chi connectivity index (χ3v) is 4.77. The van der Waals surface area contributed by atoms with Crippen molar-refractivity contribution < 1.29 is 21.6 Å². The Kier molecular flexibility index (Phi) is 4.26. The Morgan fingerprint density at radius 3 is 2.38 bits per heavy atom. The molecule has 0 fully saturated rings. The van der Waals surface area contributed by atoms with E-state index in [-0.39, 0.29) is 29.4 Å². The van der Waals surface area contributed by atoms with E-state index < -0.39 is 26.5 Å². The number of nitrogens with zero attached hydrogens (tertiary/aromatic N) is 4. The van der Waals surface area contributed by atoms with Crippen LogP contribution < -0.4 is 5.73 Å². The Bertz CT molecular complexity index is 1030. The summed E-state index contributed by atoms with van der Waals surface area (Å²) in [6, 6.07) is 4.86. The monoisotopic (exact) mass is 383 g/mol. The van der Waals surface area contributed by atoms with Gasteiger partial charge in [0.25, 0.3) is 0 Å². The highest BCUT2D eigenvalue weighted by molar-refractivity contribution is 7.90. The van der Waals surface area contributed by atoms with Crippen molar-refractivity contribution in [2.45, 2.75) is 11.1 Å². The number of aliphatic imine (C=N–C) groups is 1. The second-order valence-corrected chi connectivity index (χ2v) is 7.42. The van der Waals surface area contributed by atoms with Crippen molar-refractivity contribution in [3.8, 4) is 11.1 Å². The molecular formula is C15H12F3N5O2S. The molecule has 0 radical (unpaired) electrons. The highest BCUT2D eigenvalue weighted by Crippen LogP contribution is 2.40. The molecular weight excluding hydrogens is 371 g/mol. The molecule has 0 bridgehead atoms. The predicted octanol–water partition coefficient (Wildman–Crippen LogP) is 2.92. The lowest BCUT2D eigenvalue weighted by Gasteiger charge is -2.18. The van der Waals surface area contributed by atoms with E-state index >= 15 is 0 Å². The number of pyridine rings is 1. The molecule has 1 aromatic carbocycles. The highest BCUT2D eigenvalue weighted by atomic mass is 32.2. The molecule has 0 spiro atoms. The maximum Gasteiger partial charge on any atom is 0.417 e. The molecule has 0 saturated carbocycles. The van der Waals surface area contributed by atoms with Crippen LogP contribution in [0.15, 0.2) is 50.6 Å². The topological polar surface area (TPSA) is 110 Å². The van der Waals surface area contributed by atoms with Crippen molar-refractivity contribution in [2.75, 3.05) is 18.7 Å². The van der Waals surface area contributed by atoms with E-state index in [1.54, 1.807) is 0 Å². The van der Waals surface area contributed by atoms with Crippen molar-refractivity contribution in [1.29, 1.82) is 0 Å². The van der Waals surface area contributed by atoms with Gasteiger partial charge in [-0.1, -0.05) is 6.07 Å². The maximum absolute atomic E-state index is 13.4. The maximum atomic E-state index is 13.4. The Balaban J connectivity index is 2.43. The van der Waals surface area contributed by atoms with E-state index in [2.05, 4.69) is 20.2 Å². The molecule has 0 atom stereocenters. The molecule has 26 heavy (non-hydrogen) atoms. The van der Waals surface area contributed by atoms with Crippen LogP contribution in [0, 0.1) is 0 Å². The van der Waals surface area contributed by atoms with Crippen LogP contribution in [0.5, 0.6) is 0 Å². The first-order valence-electron chi connectivity index (χ1n) is 7.17. The molecule has 0 saturated heterocycles. The molecule has 1 aromatic heterocycles. The van der Waals surface area contributed by atoms with Gasteiger partial charge in [0, 0.05) is 23.6 Å². The zero-order chi connectivity index (χ0) is 19.1. The van der Waals surface area contributed by atoms with Gasteiger partial charge in [-0.15, -0.1) is 5.11 Å². The van der Waals surface area contributed by atoms with Crippen molar-refractivity contribution >= 4 is 21.5 Å². The second-order valence-electron chi connectivity index (χ2n) is 5.47. The Hall–Kier alpha value is -2.82. The van der Waals surface area contributed by atoms with Crippen LogP contribution in [0.2, 0.25) is 0 Å². The fraction of sp³-hybridized carbons (Fsp3) is 0.200. The molecule has 1 aliphatic heterocycles. The molecule has 136 valence electrons. The SMILES string of the molecule is CS(=O)(=O)c1c(C(F)(F)F)ccc(-c2ccc(N)nc2)c1C1=NCN=N1. The smallest absolute Gasteiger partial charge is 0.384 e. The van der Waals surface area contributed by atoms with Crippen molar-refractivity contribution in [2.24, 2.45) is 15.2 Å². The van der Waals surface area contributed by atoms with Crippen LogP contribution in [0.3, 0.4) is 0 Å². The number of hydrogen-bond donors (Lipinski definition) is 1. The van der Waals surface area contributed by atoms with Crippen LogP contribution in [0.25, 0.3) is 11.1 Å². The summed E-state index contributed by atoms with van der Waals surface area (Å²) in [5, 5.41) is 7.32. The minimum atomic E-state index is -4.87. The summed E-state index contributed by atoms with van der Waals surface area (Å²) in [6.45, 7) is -0.0891. The Morgan fingerprint density at radius 1 is 1.15 bits per heavy atom. The highest BCUT2D eigenvalue weighted by Gasteiger charge is 2.39. The average Bonchev–Trinajstić information content (AvgIpc) is 3.06. The zero-order valence-electron chi connectivity index (χ0n) is 13.3. The van der Waals surface area contributed by atoms with Gasteiger partial charge in [-0.2, -0.15) is 18.3 Å². The van der Waals surface area contributed by atoms with Crippen LogP contribution in [0.4, 0.5) is 19.0 Å². The lowest BCUT2D eigenvalue weighted by atomic mass is 9.97. The molecule has 3 rings (SSSR count). The van der Waals surface area contributed by atoms with E-state index in [4.69, 9.17) is 5.73 Å². The zero-order valence-corrected chi connectivity index (χ0v) is 14.1. The summed E-state index contributed by atoms with van der Waals surface area (Å²) < 4.78 is 64.8. The van der Waals surface area contributed by atoms with Gasteiger partial charge in [0.2, 0.25) is 0 Å². The van der Waals surface area contributed by atoms with E-state index in [0.717, 1.165) is 12.1 Å². The number of aromatic nitrogens is 1. The third kappa shape index (κ3) is 3.29. The number of halogens is 3. The first-order valence-corrected chi connectivity index (χ1v) is 9.06. The van der Waals surface area contributed by atoms with Crippen LogP contribution in [-0.4, -0.2) is 32.2 Å². The first-order chi connectivity index (χ1) is 12.1. The molecule has 0 unspecified atom stereocenters. The summed E-state index contributed by atoms with van der Waals surface area (Å²) in [5.41, 5.74) is 4.55. The number of anilines is 1. The van der Waals surface area contributed by atoms with Gasteiger partial charge in [-0.25, -0.2) is 18.4 Å². The van der Waals surface area contributed by atoms with E-state index in [0.29, 0.717) is 11.8 Å². The molecule has 2 heterocycles. The first kappa shape index (κ1) is 18.0. The normalized spacial score (nSPS) is 14.5. The predicted molar refractivity (Wildman–Crippen MR) is 88.5 cm³/mol. The van der Waals surface area contributed by atoms with Gasteiger partial charge < -0.3 is 5.73 Å². The number of amidine groups is 1. The van der Waals surface area contributed by atoms with Crippen LogP contribution in [0.1, 0.15) is 11.1 Å². The molecule has 1 aliphatic rings. The molecule has 0 amide bonds. The van der Waals surface area contributed by atoms with E-state index in [1.165, 1.54) is 18.3 Å². The molecule has 11 heteroatoms. The summed E-state index contributed by atoms with van der Waals surface area (Å²) in [6.07, 6.45) is -2.83. The minimum absolute atomic E-state index is 0.0891. The van der Waals surface area contributed by atoms with Gasteiger partial charge in [0.05, 0.1) is 10.5 Å². The van der Waals surface area contributed by atoms with Gasteiger partial charge in [0.15, 0.2) is 22.3 Å².